The molecule has 4 rings (SSSR count). The molecule has 0 unspecified atom stereocenters. The SMILES string of the molecule is COC(=O)C1=C(C)N(c2ccc(C)c(C)c2)/C(=C/c2ccc(CNS(=O)(=O)c3ccc(Cl)cc3)o2)C1=O. The summed E-state index contributed by atoms with van der Waals surface area (Å²) >= 11 is 5.83. The predicted octanol–water partition coefficient (Wildman–Crippen LogP) is 4.91. The van der Waals surface area contributed by atoms with Crippen molar-refractivity contribution in [2.24, 2.45) is 0 Å². The fourth-order valence-electron chi connectivity index (χ4n) is 3.92. The topological polar surface area (TPSA) is 106 Å². The number of sulfonamides is 1. The molecule has 2 heterocycles. The number of hydrogen-bond acceptors (Lipinski definition) is 7. The first kappa shape index (κ1) is 26.4. The smallest absolute Gasteiger partial charge is 0.343 e. The van der Waals surface area contributed by atoms with E-state index < -0.39 is 21.8 Å². The van der Waals surface area contributed by atoms with Crippen molar-refractivity contribution >= 4 is 45.1 Å². The van der Waals surface area contributed by atoms with Crippen molar-refractivity contribution in [2.45, 2.75) is 32.2 Å². The van der Waals surface area contributed by atoms with Crippen molar-refractivity contribution in [2.75, 3.05) is 12.0 Å². The lowest BCUT2D eigenvalue weighted by atomic mass is 10.1. The number of methoxy groups -OCH3 is 1. The second kappa shape index (κ2) is 10.4. The van der Waals surface area contributed by atoms with Gasteiger partial charge in [0.25, 0.3) is 0 Å². The molecule has 1 aromatic heterocycles. The van der Waals surface area contributed by atoms with Gasteiger partial charge in [-0.3, -0.25) is 4.79 Å². The molecule has 192 valence electrons. The Bertz CT molecular complexity index is 1550. The number of ether oxygens (including phenoxy) is 1. The van der Waals surface area contributed by atoms with Gasteiger partial charge in [-0.15, -0.1) is 0 Å². The molecule has 0 atom stereocenters. The number of aryl methyl sites for hydroxylation is 2. The molecular formula is C27H25ClN2O6S. The van der Waals surface area contributed by atoms with Gasteiger partial charge in [0.1, 0.15) is 17.1 Å². The maximum Gasteiger partial charge on any atom is 0.343 e. The lowest BCUT2D eigenvalue weighted by molar-refractivity contribution is -0.137. The number of hydrogen-bond donors (Lipinski definition) is 1. The molecule has 0 fully saturated rings. The number of ketones is 1. The Kier molecular flexibility index (Phi) is 7.40. The fraction of sp³-hybridized carbons (Fsp3) is 0.185. The Labute approximate surface area is 220 Å². The zero-order valence-corrected chi connectivity index (χ0v) is 22.2. The Morgan fingerprint density at radius 2 is 1.76 bits per heavy atom. The van der Waals surface area contributed by atoms with Gasteiger partial charge in [-0.2, -0.15) is 0 Å². The first-order chi connectivity index (χ1) is 17.5. The van der Waals surface area contributed by atoms with E-state index in [1.54, 1.807) is 24.0 Å². The lowest BCUT2D eigenvalue weighted by Crippen LogP contribution is -2.22. The maximum absolute atomic E-state index is 13.3. The van der Waals surface area contributed by atoms with Crippen molar-refractivity contribution in [3.63, 3.8) is 0 Å². The highest BCUT2D eigenvalue weighted by molar-refractivity contribution is 7.89. The molecule has 0 saturated carbocycles. The second-order valence-electron chi connectivity index (χ2n) is 8.50. The number of nitrogens with zero attached hydrogens (tertiary/aromatic N) is 1. The van der Waals surface area contributed by atoms with E-state index in [0.29, 0.717) is 27.9 Å². The van der Waals surface area contributed by atoms with Gasteiger partial charge in [0, 0.05) is 22.5 Å². The van der Waals surface area contributed by atoms with E-state index in [0.717, 1.165) is 11.1 Å². The first-order valence-corrected chi connectivity index (χ1v) is 13.1. The van der Waals surface area contributed by atoms with Gasteiger partial charge >= 0.3 is 5.97 Å². The number of nitrogens with one attached hydrogen (secondary N) is 1. The quantitative estimate of drug-likeness (QED) is 0.258. The monoisotopic (exact) mass is 540 g/mol. The Morgan fingerprint density at radius 3 is 2.41 bits per heavy atom. The fourth-order valence-corrected chi connectivity index (χ4v) is 5.04. The number of halogens is 1. The molecule has 1 aliphatic rings. The van der Waals surface area contributed by atoms with Crippen LogP contribution in [0.15, 0.2) is 80.9 Å². The number of carbonyl (C=O) groups is 2. The number of Topliss-reactive ketones (excluding diaryl/α,β-unsaturated/α-hetero) is 1. The predicted molar refractivity (Wildman–Crippen MR) is 140 cm³/mol. The van der Waals surface area contributed by atoms with Gasteiger partial charge < -0.3 is 14.1 Å². The molecule has 0 spiro atoms. The summed E-state index contributed by atoms with van der Waals surface area (Å²) in [7, 11) is -2.56. The zero-order chi connectivity index (χ0) is 26.9. The van der Waals surface area contributed by atoms with Crippen LogP contribution in [0.2, 0.25) is 5.02 Å². The van der Waals surface area contributed by atoms with E-state index in [4.69, 9.17) is 20.8 Å². The summed E-state index contributed by atoms with van der Waals surface area (Å²) in [6.07, 6.45) is 1.52. The van der Waals surface area contributed by atoms with Crippen LogP contribution < -0.4 is 9.62 Å². The molecule has 1 aliphatic heterocycles. The normalized spacial score (nSPS) is 15.1. The highest BCUT2D eigenvalue weighted by atomic mass is 35.5. The number of rotatable bonds is 7. The number of benzene rings is 2. The third-order valence-corrected chi connectivity index (χ3v) is 7.73. The zero-order valence-electron chi connectivity index (χ0n) is 20.7. The van der Waals surface area contributed by atoms with Crippen LogP contribution in [0.4, 0.5) is 5.69 Å². The lowest BCUT2D eigenvalue weighted by Gasteiger charge is -2.22. The van der Waals surface area contributed by atoms with Crippen LogP contribution in [-0.2, 0) is 30.9 Å². The average Bonchev–Trinajstić information content (AvgIpc) is 3.41. The van der Waals surface area contributed by atoms with Crippen LogP contribution in [0.3, 0.4) is 0 Å². The minimum absolute atomic E-state index is 0.0607. The van der Waals surface area contributed by atoms with Gasteiger partial charge in [-0.05, 0) is 80.4 Å². The van der Waals surface area contributed by atoms with E-state index in [9.17, 15) is 18.0 Å². The third kappa shape index (κ3) is 5.39. The van der Waals surface area contributed by atoms with Crippen LogP contribution in [0.25, 0.3) is 6.08 Å². The first-order valence-electron chi connectivity index (χ1n) is 11.3. The highest BCUT2D eigenvalue weighted by Crippen LogP contribution is 2.36. The molecule has 1 N–H and O–H groups in total. The molecule has 8 nitrogen and oxygen atoms in total. The summed E-state index contributed by atoms with van der Waals surface area (Å²) in [4.78, 5) is 27.4. The van der Waals surface area contributed by atoms with Crippen molar-refractivity contribution in [1.29, 1.82) is 0 Å². The molecule has 3 aromatic rings. The van der Waals surface area contributed by atoms with Crippen LogP contribution in [0.1, 0.15) is 29.6 Å². The van der Waals surface area contributed by atoms with Crippen molar-refractivity contribution in [1.82, 2.24) is 4.72 Å². The maximum atomic E-state index is 13.3. The van der Waals surface area contributed by atoms with Crippen LogP contribution in [-0.4, -0.2) is 27.3 Å². The van der Waals surface area contributed by atoms with Gasteiger partial charge in [0.15, 0.2) is 0 Å². The molecule has 2 aromatic carbocycles. The summed E-state index contributed by atoms with van der Waals surface area (Å²) < 4.78 is 38.2. The van der Waals surface area contributed by atoms with Gasteiger partial charge in [-0.25, -0.2) is 17.9 Å². The molecule has 10 heteroatoms. The molecule has 0 aliphatic carbocycles. The summed E-state index contributed by atoms with van der Waals surface area (Å²) in [5.41, 5.74) is 3.41. The molecule has 37 heavy (non-hydrogen) atoms. The average molecular weight is 541 g/mol. The molecule has 0 bridgehead atoms. The standard InChI is InChI=1S/C27H25ClN2O6S/c1-16-5-8-20(13-17(16)2)30-18(3)25(27(32)35-4)26(31)24(30)14-21-9-10-22(36-21)15-29-37(33,34)23-11-6-19(28)7-12-23/h5-14,29H,15H2,1-4H3/b24-14+. The van der Waals surface area contributed by atoms with Crippen LogP contribution in [0, 0.1) is 13.8 Å². The van der Waals surface area contributed by atoms with E-state index in [-0.39, 0.29) is 22.7 Å². The number of carbonyl (C=O) groups excluding carboxylic acids is 2. The van der Waals surface area contributed by atoms with Crippen LogP contribution >= 0.6 is 11.6 Å². The van der Waals surface area contributed by atoms with E-state index in [1.165, 1.54) is 37.5 Å². The molecular weight excluding hydrogens is 516 g/mol. The van der Waals surface area contributed by atoms with Gasteiger partial charge in [0.05, 0.1) is 24.2 Å². The largest absolute Gasteiger partial charge is 0.465 e. The summed E-state index contributed by atoms with van der Waals surface area (Å²) in [6, 6.07) is 14.8. The summed E-state index contributed by atoms with van der Waals surface area (Å²) in [5.74, 6) is -0.567. The van der Waals surface area contributed by atoms with E-state index in [1.807, 2.05) is 32.0 Å². The number of anilines is 1. The summed E-state index contributed by atoms with van der Waals surface area (Å²) in [6.45, 7) is 5.52. The number of esters is 1. The third-order valence-electron chi connectivity index (χ3n) is 6.06. The van der Waals surface area contributed by atoms with Crippen molar-refractivity contribution in [3.05, 3.63) is 99.2 Å². The van der Waals surface area contributed by atoms with Crippen molar-refractivity contribution in [3.8, 4) is 0 Å². The number of allylic oxidation sites excluding steroid dienone is 2. The minimum atomic E-state index is -3.78. The van der Waals surface area contributed by atoms with E-state index in [2.05, 4.69) is 4.72 Å². The van der Waals surface area contributed by atoms with Gasteiger partial charge in [-0.1, -0.05) is 17.7 Å². The highest BCUT2D eigenvalue weighted by Gasteiger charge is 2.38. The molecule has 0 amide bonds. The Hall–Kier alpha value is -3.66. The number of furan rings is 1. The molecule has 0 radical (unpaired) electrons. The van der Waals surface area contributed by atoms with E-state index >= 15 is 0 Å². The summed E-state index contributed by atoms with van der Waals surface area (Å²) in [5, 5.41) is 0.430. The second-order valence-corrected chi connectivity index (χ2v) is 10.7. The van der Waals surface area contributed by atoms with Gasteiger partial charge in [0.2, 0.25) is 15.8 Å². The Morgan fingerprint density at radius 1 is 1.05 bits per heavy atom. The minimum Gasteiger partial charge on any atom is -0.465 e. The Balaban J connectivity index is 1.63. The molecule has 0 saturated heterocycles. The van der Waals surface area contributed by atoms with Crippen molar-refractivity contribution < 1.29 is 27.2 Å². The van der Waals surface area contributed by atoms with Crippen LogP contribution in [0.5, 0.6) is 0 Å².